The summed E-state index contributed by atoms with van der Waals surface area (Å²) in [6, 6.07) is -1.66. The highest BCUT2D eigenvalue weighted by molar-refractivity contribution is 6.08. The number of likely N-dealkylation sites (tertiary alicyclic amines) is 1. The summed E-state index contributed by atoms with van der Waals surface area (Å²) >= 11 is 0. The number of fused-ring (bicyclic) bond motifs is 1. The molecule has 9 heteroatoms. The van der Waals surface area contributed by atoms with Gasteiger partial charge in [0.25, 0.3) is 5.91 Å². The van der Waals surface area contributed by atoms with E-state index in [2.05, 4.69) is 10.6 Å². The lowest BCUT2D eigenvalue weighted by molar-refractivity contribution is -0.159. The Balaban J connectivity index is 1.49. The van der Waals surface area contributed by atoms with Crippen LogP contribution in [0.3, 0.4) is 0 Å². The van der Waals surface area contributed by atoms with Crippen LogP contribution in [-0.2, 0) is 23.9 Å². The lowest BCUT2D eigenvalue weighted by atomic mass is 9.85. The van der Waals surface area contributed by atoms with Crippen LogP contribution in [0.5, 0.6) is 0 Å². The predicted molar refractivity (Wildman–Crippen MR) is 87.3 cm³/mol. The molecule has 0 aromatic carbocycles. The maximum Gasteiger partial charge on any atom is 0.329 e. The van der Waals surface area contributed by atoms with Gasteiger partial charge in [0.1, 0.15) is 6.04 Å². The van der Waals surface area contributed by atoms with E-state index in [0.29, 0.717) is 12.8 Å². The molecule has 3 aliphatic rings. The molecule has 0 unspecified atom stereocenters. The van der Waals surface area contributed by atoms with Gasteiger partial charge in [-0.1, -0.05) is 12.2 Å². The fourth-order valence-electron chi connectivity index (χ4n) is 3.18. The summed E-state index contributed by atoms with van der Waals surface area (Å²) in [7, 11) is 0. The first-order valence-corrected chi connectivity index (χ1v) is 8.67. The first-order chi connectivity index (χ1) is 12.4. The topological polar surface area (TPSA) is 122 Å². The number of amides is 5. The lowest BCUT2D eigenvalue weighted by Gasteiger charge is -2.21. The Labute approximate surface area is 150 Å². The van der Waals surface area contributed by atoms with E-state index in [1.165, 1.54) is 6.92 Å². The van der Waals surface area contributed by atoms with Gasteiger partial charge < -0.3 is 10.1 Å². The average Bonchev–Trinajstić information content (AvgIpc) is 3.38. The van der Waals surface area contributed by atoms with Crippen LogP contribution in [-0.4, -0.2) is 53.3 Å². The number of esters is 1. The number of carbonyl (C=O) groups excluding carboxylic acids is 5. The van der Waals surface area contributed by atoms with E-state index in [-0.39, 0.29) is 17.9 Å². The van der Waals surface area contributed by atoms with Crippen molar-refractivity contribution in [3.63, 3.8) is 0 Å². The van der Waals surface area contributed by atoms with E-state index in [4.69, 9.17) is 4.74 Å². The fourth-order valence-corrected chi connectivity index (χ4v) is 3.18. The van der Waals surface area contributed by atoms with Crippen LogP contribution in [0.2, 0.25) is 0 Å². The molecule has 5 amide bonds. The van der Waals surface area contributed by atoms with Crippen LogP contribution in [0.1, 0.15) is 32.6 Å². The van der Waals surface area contributed by atoms with Crippen molar-refractivity contribution in [2.24, 2.45) is 11.8 Å². The van der Waals surface area contributed by atoms with Crippen LogP contribution in [0.25, 0.3) is 0 Å². The van der Waals surface area contributed by atoms with Gasteiger partial charge in [-0.3, -0.25) is 24.6 Å². The van der Waals surface area contributed by atoms with Gasteiger partial charge in [0.15, 0.2) is 6.61 Å². The molecule has 9 nitrogen and oxygen atoms in total. The first kappa shape index (κ1) is 18.1. The van der Waals surface area contributed by atoms with E-state index in [1.54, 1.807) is 0 Å². The van der Waals surface area contributed by atoms with Gasteiger partial charge in [0, 0.05) is 6.04 Å². The molecule has 140 valence electrons. The standard InChI is InChI=1S/C17H21N3O6/c1-9(20-14(22)11-4-2-3-5-12(11)15(20)23)16(24)26-8-13(21)19-17(25)18-10-6-7-10/h2-3,9-12H,4-8H2,1H3,(H2,18,19,21,25)/t9-,11+,12+/m0/s1. The van der Waals surface area contributed by atoms with Gasteiger partial charge in [-0.25, -0.2) is 9.59 Å². The Morgan fingerprint density at radius 1 is 1.15 bits per heavy atom. The normalized spacial score (nSPS) is 25.5. The Kier molecular flexibility index (Phi) is 5.06. The Morgan fingerprint density at radius 2 is 1.73 bits per heavy atom. The summed E-state index contributed by atoms with van der Waals surface area (Å²) in [6.45, 7) is 0.729. The Hall–Kier alpha value is -2.71. The second-order valence-electron chi connectivity index (χ2n) is 6.78. The van der Waals surface area contributed by atoms with Crippen molar-refractivity contribution in [1.82, 2.24) is 15.5 Å². The molecule has 3 atom stereocenters. The van der Waals surface area contributed by atoms with E-state index in [9.17, 15) is 24.0 Å². The van der Waals surface area contributed by atoms with Crippen molar-refractivity contribution in [1.29, 1.82) is 0 Å². The zero-order chi connectivity index (χ0) is 18.8. The smallest absolute Gasteiger partial charge is 0.329 e. The van der Waals surface area contributed by atoms with Crippen LogP contribution in [0, 0.1) is 11.8 Å². The number of carbonyl (C=O) groups is 5. The van der Waals surface area contributed by atoms with Gasteiger partial charge in [0.2, 0.25) is 11.8 Å². The van der Waals surface area contributed by atoms with Crippen molar-refractivity contribution in [2.75, 3.05) is 6.61 Å². The lowest BCUT2D eigenvalue weighted by Crippen LogP contribution is -2.46. The summed E-state index contributed by atoms with van der Waals surface area (Å²) in [6.07, 6.45) is 6.43. The number of rotatable bonds is 5. The van der Waals surface area contributed by atoms with E-state index in [1.807, 2.05) is 12.2 Å². The molecule has 2 fully saturated rings. The minimum atomic E-state index is -1.12. The average molecular weight is 363 g/mol. The number of nitrogens with zero attached hydrogens (tertiary/aromatic N) is 1. The highest BCUT2D eigenvalue weighted by Crippen LogP contribution is 2.36. The number of hydrogen-bond donors (Lipinski definition) is 2. The molecule has 1 aliphatic heterocycles. The van der Waals surface area contributed by atoms with Crippen molar-refractivity contribution < 1.29 is 28.7 Å². The molecule has 3 rings (SSSR count). The molecule has 0 aromatic rings. The van der Waals surface area contributed by atoms with Crippen molar-refractivity contribution in [3.8, 4) is 0 Å². The van der Waals surface area contributed by atoms with E-state index >= 15 is 0 Å². The number of nitrogens with one attached hydrogen (secondary N) is 2. The SMILES string of the molecule is C[C@@H](C(=O)OCC(=O)NC(=O)NC1CC1)N1C(=O)[C@@H]2CC=CC[C@H]2C1=O. The van der Waals surface area contributed by atoms with Gasteiger partial charge in [-0.15, -0.1) is 0 Å². The van der Waals surface area contributed by atoms with Crippen molar-refractivity contribution in [2.45, 2.75) is 44.7 Å². The maximum absolute atomic E-state index is 12.4. The number of ether oxygens (including phenoxy) is 1. The number of allylic oxidation sites excluding steroid dienone is 2. The Morgan fingerprint density at radius 3 is 2.27 bits per heavy atom. The summed E-state index contributed by atoms with van der Waals surface area (Å²) in [4.78, 5) is 61.0. The quantitative estimate of drug-likeness (QED) is 0.398. The largest absolute Gasteiger partial charge is 0.454 e. The number of hydrogen-bond acceptors (Lipinski definition) is 6. The second-order valence-corrected chi connectivity index (χ2v) is 6.78. The maximum atomic E-state index is 12.4. The molecule has 2 N–H and O–H groups in total. The molecule has 1 saturated carbocycles. The monoisotopic (exact) mass is 363 g/mol. The fraction of sp³-hybridized carbons (Fsp3) is 0.588. The minimum absolute atomic E-state index is 0.0931. The first-order valence-electron chi connectivity index (χ1n) is 8.67. The van der Waals surface area contributed by atoms with E-state index < -0.39 is 42.4 Å². The van der Waals surface area contributed by atoms with Crippen LogP contribution in [0.4, 0.5) is 4.79 Å². The molecule has 0 bridgehead atoms. The van der Waals surface area contributed by atoms with Crippen LogP contribution in [0.15, 0.2) is 12.2 Å². The zero-order valence-electron chi connectivity index (χ0n) is 14.4. The molecule has 0 aromatic heterocycles. The highest BCUT2D eigenvalue weighted by atomic mass is 16.5. The second kappa shape index (κ2) is 7.27. The molecular formula is C17H21N3O6. The van der Waals surface area contributed by atoms with Gasteiger partial charge in [0.05, 0.1) is 11.8 Å². The summed E-state index contributed by atoms with van der Waals surface area (Å²) in [5.74, 6) is -3.28. The van der Waals surface area contributed by atoms with Crippen molar-refractivity contribution in [3.05, 3.63) is 12.2 Å². The molecule has 1 saturated heterocycles. The van der Waals surface area contributed by atoms with E-state index in [0.717, 1.165) is 17.7 Å². The summed E-state index contributed by atoms with van der Waals surface area (Å²) in [5.41, 5.74) is 0. The molecule has 26 heavy (non-hydrogen) atoms. The predicted octanol–water partition coefficient (Wildman–Crippen LogP) is -0.142. The third kappa shape index (κ3) is 3.76. The molecule has 0 radical (unpaired) electrons. The number of urea groups is 1. The van der Waals surface area contributed by atoms with Gasteiger partial charge in [-0.05, 0) is 32.6 Å². The molecular weight excluding hydrogens is 342 g/mol. The minimum Gasteiger partial charge on any atom is -0.454 e. The Bertz CT molecular complexity index is 658. The summed E-state index contributed by atoms with van der Waals surface area (Å²) in [5, 5.41) is 4.62. The third-order valence-electron chi connectivity index (χ3n) is 4.78. The van der Waals surface area contributed by atoms with Crippen LogP contribution < -0.4 is 10.6 Å². The molecule has 0 spiro atoms. The summed E-state index contributed by atoms with van der Waals surface area (Å²) < 4.78 is 4.86. The number of imide groups is 2. The molecule has 1 heterocycles. The highest BCUT2D eigenvalue weighted by Gasteiger charge is 2.50. The molecule has 2 aliphatic carbocycles. The van der Waals surface area contributed by atoms with Crippen LogP contribution >= 0.6 is 0 Å². The van der Waals surface area contributed by atoms with Crippen molar-refractivity contribution >= 4 is 29.7 Å². The zero-order valence-corrected chi connectivity index (χ0v) is 14.4. The third-order valence-corrected chi connectivity index (χ3v) is 4.78. The van der Waals surface area contributed by atoms with Gasteiger partial charge in [-0.2, -0.15) is 0 Å². The van der Waals surface area contributed by atoms with Gasteiger partial charge >= 0.3 is 12.0 Å².